The van der Waals surface area contributed by atoms with Crippen LogP contribution in [0.1, 0.15) is 32.0 Å². The van der Waals surface area contributed by atoms with Crippen molar-refractivity contribution in [3.63, 3.8) is 0 Å². The van der Waals surface area contributed by atoms with E-state index in [4.69, 9.17) is 4.74 Å². The molecule has 0 saturated carbocycles. The molecule has 0 radical (unpaired) electrons. The molecule has 0 fully saturated rings. The smallest absolute Gasteiger partial charge is 0.309 e. The molecule has 3 heteroatoms. The van der Waals surface area contributed by atoms with E-state index in [9.17, 15) is 4.79 Å². The second kappa shape index (κ2) is 6.38. The Bertz CT molecular complexity index is 357. The Morgan fingerprint density at radius 2 is 2.12 bits per heavy atom. The number of nitrogens with zero attached hydrogens (tertiary/aromatic N) is 1. The van der Waals surface area contributed by atoms with Gasteiger partial charge in [-0.3, -0.25) is 9.78 Å². The molecule has 1 aromatic rings. The Morgan fingerprint density at radius 3 is 2.53 bits per heavy atom. The zero-order valence-electron chi connectivity index (χ0n) is 11.1. The summed E-state index contributed by atoms with van der Waals surface area (Å²) in [6.45, 7) is 6.16. The summed E-state index contributed by atoms with van der Waals surface area (Å²) in [5.74, 6) is -0.00329. The SMILES string of the molecule is CCc1ccc(CC(C(=O)OC)C(C)C)nc1. The van der Waals surface area contributed by atoms with Gasteiger partial charge >= 0.3 is 5.97 Å². The molecule has 17 heavy (non-hydrogen) atoms. The molecule has 1 heterocycles. The summed E-state index contributed by atoms with van der Waals surface area (Å²) in [5.41, 5.74) is 2.17. The lowest BCUT2D eigenvalue weighted by molar-refractivity contribution is -0.147. The average Bonchev–Trinajstić information content (AvgIpc) is 2.35. The summed E-state index contributed by atoms with van der Waals surface area (Å²) in [6.07, 6.45) is 3.51. The molecule has 1 atom stereocenters. The zero-order valence-corrected chi connectivity index (χ0v) is 11.1. The summed E-state index contributed by atoms with van der Waals surface area (Å²) >= 11 is 0. The Morgan fingerprint density at radius 1 is 1.41 bits per heavy atom. The van der Waals surface area contributed by atoms with Gasteiger partial charge in [-0.05, 0) is 24.0 Å². The lowest BCUT2D eigenvalue weighted by atomic mass is 9.91. The number of ether oxygens (including phenoxy) is 1. The summed E-state index contributed by atoms with van der Waals surface area (Å²) in [6, 6.07) is 4.06. The van der Waals surface area contributed by atoms with Gasteiger partial charge in [0.1, 0.15) is 0 Å². The van der Waals surface area contributed by atoms with Crippen molar-refractivity contribution in [2.45, 2.75) is 33.6 Å². The first-order chi connectivity index (χ1) is 8.08. The third kappa shape index (κ3) is 3.84. The van der Waals surface area contributed by atoms with Gasteiger partial charge in [-0.25, -0.2) is 0 Å². The van der Waals surface area contributed by atoms with Crippen LogP contribution in [0, 0.1) is 11.8 Å². The highest BCUT2D eigenvalue weighted by molar-refractivity contribution is 5.72. The molecule has 3 nitrogen and oxygen atoms in total. The number of aryl methyl sites for hydroxylation is 1. The minimum atomic E-state index is -0.152. The predicted octanol–water partition coefficient (Wildman–Crippen LogP) is 2.63. The Hall–Kier alpha value is -1.38. The van der Waals surface area contributed by atoms with E-state index >= 15 is 0 Å². The van der Waals surface area contributed by atoms with Gasteiger partial charge in [0, 0.05) is 18.3 Å². The van der Waals surface area contributed by atoms with Crippen LogP contribution in [0.4, 0.5) is 0 Å². The molecule has 1 rings (SSSR count). The number of pyridine rings is 1. The van der Waals surface area contributed by atoms with E-state index < -0.39 is 0 Å². The molecule has 0 N–H and O–H groups in total. The van der Waals surface area contributed by atoms with Crippen molar-refractivity contribution in [2.75, 3.05) is 7.11 Å². The van der Waals surface area contributed by atoms with Gasteiger partial charge in [-0.15, -0.1) is 0 Å². The highest BCUT2D eigenvalue weighted by Crippen LogP contribution is 2.18. The van der Waals surface area contributed by atoms with E-state index in [-0.39, 0.29) is 17.8 Å². The topological polar surface area (TPSA) is 39.2 Å². The number of rotatable bonds is 5. The van der Waals surface area contributed by atoms with Gasteiger partial charge in [0.2, 0.25) is 0 Å². The quantitative estimate of drug-likeness (QED) is 0.736. The normalized spacial score (nSPS) is 12.5. The van der Waals surface area contributed by atoms with Crippen LogP contribution in [0.15, 0.2) is 18.3 Å². The molecular weight excluding hydrogens is 214 g/mol. The van der Waals surface area contributed by atoms with Crippen molar-refractivity contribution in [1.82, 2.24) is 4.98 Å². The molecule has 0 saturated heterocycles. The molecule has 1 unspecified atom stereocenters. The molecule has 0 aromatic carbocycles. The number of hydrogen-bond donors (Lipinski definition) is 0. The number of methoxy groups -OCH3 is 1. The van der Waals surface area contributed by atoms with Gasteiger partial charge in [0.15, 0.2) is 0 Å². The molecule has 0 aliphatic rings. The van der Waals surface area contributed by atoms with E-state index in [0.717, 1.165) is 12.1 Å². The highest BCUT2D eigenvalue weighted by atomic mass is 16.5. The molecule has 0 aliphatic carbocycles. The number of hydrogen-bond acceptors (Lipinski definition) is 3. The average molecular weight is 235 g/mol. The summed E-state index contributed by atoms with van der Waals surface area (Å²) in [7, 11) is 1.44. The summed E-state index contributed by atoms with van der Waals surface area (Å²) < 4.78 is 4.82. The van der Waals surface area contributed by atoms with E-state index in [1.165, 1.54) is 12.7 Å². The van der Waals surface area contributed by atoms with Crippen LogP contribution in [-0.4, -0.2) is 18.1 Å². The van der Waals surface area contributed by atoms with Crippen LogP contribution >= 0.6 is 0 Å². The fraction of sp³-hybridized carbons (Fsp3) is 0.571. The lowest BCUT2D eigenvalue weighted by Crippen LogP contribution is -2.24. The van der Waals surface area contributed by atoms with Crippen LogP contribution < -0.4 is 0 Å². The summed E-state index contributed by atoms with van der Waals surface area (Å²) in [5, 5.41) is 0. The fourth-order valence-electron chi connectivity index (χ4n) is 1.75. The highest BCUT2D eigenvalue weighted by Gasteiger charge is 2.23. The predicted molar refractivity (Wildman–Crippen MR) is 67.7 cm³/mol. The number of esters is 1. The third-order valence-electron chi connectivity index (χ3n) is 3.03. The molecule has 0 spiro atoms. The van der Waals surface area contributed by atoms with Crippen molar-refractivity contribution in [3.05, 3.63) is 29.6 Å². The third-order valence-corrected chi connectivity index (χ3v) is 3.03. The lowest BCUT2D eigenvalue weighted by Gasteiger charge is -2.17. The number of aromatic nitrogens is 1. The van der Waals surface area contributed by atoms with Gasteiger partial charge in [0.05, 0.1) is 13.0 Å². The number of carbonyl (C=O) groups excluding carboxylic acids is 1. The van der Waals surface area contributed by atoms with Gasteiger partial charge in [-0.1, -0.05) is 26.8 Å². The van der Waals surface area contributed by atoms with Crippen molar-refractivity contribution >= 4 is 5.97 Å². The van der Waals surface area contributed by atoms with Crippen molar-refractivity contribution in [3.8, 4) is 0 Å². The van der Waals surface area contributed by atoms with Gasteiger partial charge < -0.3 is 4.74 Å². The van der Waals surface area contributed by atoms with Crippen molar-refractivity contribution < 1.29 is 9.53 Å². The van der Waals surface area contributed by atoms with Crippen molar-refractivity contribution in [1.29, 1.82) is 0 Å². The molecule has 94 valence electrons. The second-order valence-corrected chi connectivity index (χ2v) is 4.59. The minimum absolute atomic E-state index is 0.111. The van der Waals surface area contributed by atoms with E-state index in [1.807, 2.05) is 26.1 Å². The molecular formula is C14H21NO2. The maximum atomic E-state index is 11.6. The maximum Gasteiger partial charge on any atom is 0.309 e. The van der Waals surface area contributed by atoms with Gasteiger partial charge in [0.25, 0.3) is 0 Å². The van der Waals surface area contributed by atoms with Gasteiger partial charge in [-0.2, -0.15) is 0 Å². The zero-order chi connectivity index (χ0) is 12.8. The molecule has 1 aromatic heterocycles. The number of carbonyl (C=O) groups is 1. The fourth-order valence-corrected chi connectivity index (χ4v) is 1.75. The second-order valence-electron chi connectivity index (χ2n) is 4.59. The Balaban J connectivity index is 2.75. The monoisotopic (exact) mass is 235 g/mol. The van der Waals surface area contributed by atoms with E-state index in [0.29, 0.717) is 6.42 Å². The minimum Gasteiger partial charge on any atom is -0.469 e. The largest absolute Gasteiger partial charge is 0.469 e. The maximum absolute atomic E-state index is 11.6. The molecule has 0 aliphatic heterocycles. The van der Waals surface area contributed by atoms with Crippen LogP contribution in [-0.2, 0) is 22.4 Å². The first kappa shape index (κ1) is 13.7. The Kier molecular flexibility index (Phi) is 5.13. The standard InChI is InChI=1S/C14H21NO2/c1-5-11-6-7-12(15-9-11)8-13(10(2)3)14(16)17-4/h6-7,9-10,13H,5,8H2,1-4H3. The van der Waals surface area contributed by atoms with Crippen LogP contribution in [0.2, 0.25) is 0 Å². The van der Waals surface area contributed by atoms with Crippen LogP contribution in [0.3, 0.4) is 0 Å². The van der Waals surface area contributed by atoms with Crippen LogP contribution in [0.5, 0.6) is 0 Å². The van der Waals surface area contributed by atoms with Crippen LogP contribution in [0.25, 0.3) is 0 Å². The van der Waals surface area contributed by atoms with E-state index in [2.05, 4.69) is 18.0 Å². The summed E-state index contributed by atoms with van der Waals surface area (Å²) in [4.78, 5) is 16.0. The molecule has 0 bridgehead atoms. The first-order valence-corrected chi connectivity index (χ1v) is 6.10. The first-order valence-electron chi connectivity index (χ1n) is 6.10. The Labute approximate surface area is 103 Å². The van der Waals surface area contributed by atoms with E-state index in [1.54, 1.807) is 0 Å². The van der Waals surface area contributed by atoms with Crippen molar-refractivity contribution in [2.24, 2.45) is 11.8 Å². The molecule has 0 amide bonds.